The predicted molar refractivity (Wildman–Crippen MR) is 140 cm³/mol. The molecule has 1 rings (SSSR count). The van der Waals surface area contributed by atoms with Gasteiger partial charge in [0.15, 0.2) is 11.5 Å². The number of nitrogens with two attached hydrogens (primary N) is 1. The Labute approximate surface area is 229 Å². The molecule has 2 unspecified atom stereocenters. The smallest absolute Gasteiger partial charge is 0.458 e. The van der Waals surface area contributed by atoms with E-state index in [9.17, 15) is 19.2 Å². The summed E-state index contributed by atoms with van der Waals surface area (Å²) in [7, 11) is 0. The van der Waals surface area contributed by atoms with Crippen molar-refractivity contribution >= 4 is 24.4 Å². The highest BCUT2D eigenvalue weighted by Gasteiger charge is 2.23. The molecule has 4 atom stereocenters. The number of carbonyl (C=O) groups is 4. The van der Waals surface area contributed by atoms with Crippen LogP contribution < -0.4 is 15.2 Å². The van der Waals surface area contributed by atoms with Crippen LogP contribution in [0.2, 0.25) is 0 Å². The Kier molecular flexibility index (Phi) is 15.3. The first-order chi connectivity index (χ1) is 18.5. The van der Waals surface area contributed by atoms with Crippen LogP contribution in [-0.2, 0) is 34.9 Å². The minimum absolute atomic E-state index is 0.000163. The maximum Gasteiger partial charge on any atom is 0.514 e. The highest BCUT2D eigenvalue weighted by atomic mass is 16.8. The SMILES string of the molecule is CCCCOC(=O)OC[C@H](C)OC(=O)[C@@H](N)Cc1ccc(OC(=O)OC(C)CC)c(OC(=O)OC(C)CC)c1. The van der Waals surface area contributed by atoms with Gasteiger partial charge in [-0.15, -0.1) is 0 Å². The van der Waals surface area contributed by atoms with Crippen LogP contribution in [0.3, 0.4) is 0 Å². The third kappa shape index (κ3) is 13.7. The lowest BCUT2D eigenvalue weighted by Gasteiger charge is -2.18. The van der Waals surface area contributed by atoms with Crippen molar-refractivity contribution in [1.29, 1.82) is 0 Å². The van der Waals surface area contributed by atoms with Crippen LogP contribution in [0.5, 0.6) is 11.5 Å². The molecule has 0 radical (unpaired) electrons. The zero-order valence-electron chi connectivity index (χ0n) is 23.6. The number of hydrogen-bond acceptors (Lipinski definition) is 12. The minimum atomic E-state index is -1.09. The summed E-state index contributed by atoms with van der Waals surface area (Å²) in [4.78, 5) is 48.4. The van der Waals surface area contributed by atoms with Crippen molar-refractivity contribution in [2.24, 2.45) is 5.73 Å². The molecule has 12 heteroatoms. The summed E-state index contributed by atoms with van der Waals surface area (Å²) in [6, 6.07) is 3.24. The van der Waals surface area contributed by atoms with Crippen LogP contribution >= 0.6 is 0 Å². The molecule has 0 fully saturated rings. The van der Waals surface area contributed by atoms with Crippen molar-refractivity contribution in [2.45, 2.75) is 98.0 Å². The maximum atomic E-state index is 12.5. The lowest BCUT2D eigenvalue weighted by atomic mass is 10.1. The van der Waals surface area contributed by atoms with Gasteiger partial charge >= 0.3 is 24.4 Å². The van der Waals surface area contributed by atoms with Gasteiger partial charge in [0.05, 0.1) is 6.61 Å². The van der Waals surface area contributed by atoms with Crippen molar-refractivity contribution in [3.63, 3.8) is 0 Å². The Hall–Kier alpha value is -3.54. The van der Waals surface area contributed by atoms with Crippen LogP contribution in [0.4, 0.5) is 14.4 Å². The van der Waals surface area contributed by atoms with E-state index in [1.54, 1.807) is 26.8 Å². The third-order valence-corrected chi connectivity index (χ3v) is 5.37. The molecule has 0 amide bonds. The van der Waals surface area contributed by atoms with Crippen LogP contribution in [-0.4, -0.2) is 62.0 Å². The van der Waals surface area contributed by atoms with E-state index in [1.807, 2.05) is 20.8 Å². The Bertz CT molecular complexity index is 936. The number of unbranched alkanes of at least 4 members (excludes halogenated alkanes) is 1. The van der Waals surface area contributed by atoms with Gasteiger partial charge in [-0.2, -0.15) is 0 Å². The van der Waals surface area contributed by atoms with Gasteiger partial charge in [-0.05, 0) is 64.2 Å². The standard InChI is InChI=1S/C27H41NO11/c1-7-10-13-33-25(30)34-16-19(6)35-24(29)21(28)14-20-11-12-22(38-26(31)36-17(4)8-2)23(15-20)39-27(32)37-18(5)9-3/h11-12,15,17-19,21H,7-10,13-14,16,28H2,1-6H3/t17?,18?,19-,21-/m0/s1. The summed E-state index contributed by atoms with van der Waals surface area (Å²) in [5.41, 5.74) is 6.50. The number of hydrogen-bond donors (Lipinski definition) is 1. The predicted octanol–water partition coefficient (Wildman–Crippen LogP) is 5.07. The highest BCUT2D eigenvalue weighted by molar-refractivity contribution is 5.76. The Morgan fingerprint density at radius 2 is 1.36 bits per heavy atom. The molecule has 1 aromatic carbocycles. The summed E-state index contributed by atoms with van der Waals surface area (Å²) in [5.74, 6) is -0.937. The van der Waals surface area contributed by atoms with Crippen molar-refractivity contribution < 1.29 is 52.3 Å². The van der Waals surface area contributed by atoms with E-state index >= 15 is 0 Å². The van der Waals surface area contributed by atoms with Gasteiger partial charge in [0, 0.05) is 0 Å². The van der Waals surface area contributed by atoms with Crippen LogP contribution in [0.15, 0.2) is 18.2 Å². The molecule has 0 aliphatic rings. The van der Waals surface area contributed by atoms with Crippen molar-refractivity contribution in [2.75, 3.05) is 13.2 Å². The van der Waals surface area contributed by atoms with Crippen LogP contribution in [0, 0.1) is 0 Å². The quantitative estimate of drug-likeness (QED) is 0.133. The lowest BCUT2D eigenvalue weighted by molar-refractivity contribution is -0.152. The van der Waals surface area contributed by atoms with Gasteiger partial charge in [-0.1, -0.05) is 33.3 Å². The average Bonchev–Trinajstić information content (AvgIpc) is 2.88. The normalized spacial score (nSPS) is 13.7. The van der Waals surface area contributed by atoms with Gasteiger partial charge < -0.3 is 38.9 Å². The fourth-order valence-corrected chi connectivity index (χ4v) is 2.75. The van der Waals surface area contributed by atoms with E-state index in [4.69, 9.17) is 38.9 Å². The van der Waals surface area contributed by atoms with Gasteiger partial charge in [0.2, 0.25) is 0 Å². The molecule has 0 saturated heterocycles. The number of esters is 1. The van der Waals surface area contributed by atoms with Crippen LogP contribution in [0.25, 0.3) is 0 Å². The van der Waals surface area contributed by atoms with Crippen LogP contribution in [0.1, 0.15) is 72.8 Å². The van der Waals surface area contributed by atoms with Gasteiger partial charge in [0.1, 0.15) is 31.0 Å². The summed E-state index contributed by atoms with van der Waals surface area (Å²) < 4.78 is 35.8. The molecule has 2 N–H and O–H groups in total. The second kappa shape index (κ2) is 17.9. The first-order valence-corrected chi connectivity index (χ1v) is 13.1. The molecule has 0 saturated carbocycles. The first-order valence-electron chi connectivity index (χ1n) is 13.1. The van der Waals surface area contributed by atoms with E-state index in [2.05, 4.69) is 0 Å². The minimum Gasteiger partial charge on any atom is -0.458 e. The average molecular weight is 556 g/mol. The van der Waals surface area contributed by atoms with E-state index < -0.39 is 42.7 Å². The molecular formula is C27H41NO11. The molecular weight excluding hydrogens is 514 g/mol. The summed E-state index contributed by atoms with van der Waals surface area (Å²) >= 11 is 0. The second-order valence-corrected chi connectivity index (χ2v) is 8.98. The first kappa shape index (κ1) is 33.5. The molecule has 220 valence electrons. The largest absolute Gasteiger partial charge is 0.514 e. The van der Waals surface area contributed by atoms with E-state index in [0.717, 1.165) is 12.8 Å². The van der Waals surface area contributed by atoms with E-state index in [1.165, 1.54) is 12.1 Å². The fourth-order valence-electron chi connectivity index (χ4n) is 2.75. The second-order valence-electron chi connectivity index (χ2n) is 8.98. The van der Waals surface area contributed by atoms with Gasteiger partial charge in [0.25, 0.3) is 0 Å². The monoisotopic (exact) mass is 555 g/mol. The molecule has 0 aliphatic carbocycles. The summed E-state index contributed by atoms with van der Waals surface area (Å²) in [5, 5.41) is 0. The molecule has 1 aromatic rings. The molecule has 0 bridgehead atoms. The van der Waals surface area contributed by atoms with E-state index in [-0.39, 0.29) is 37.2 Å². The maximum absolute atomic E-state index is 12.5. The van der Waals surface area contributed by atoms with Crippen molar-refractivity contribution in [3.05, 3.63) is 23.8 Å². The number of benzene rings is 1. The topological polar surface area (TPSA) is 159 Å². The zero-order chi connectivity index (χ0) is 29.4. The molecule has 0 heterocycles. The van der Waals surface area contributed by atoms with Crippen molar-refractivity contribution in [1.82, 2.24) is 0 Å². The van der Waals surface area contributed by atoms with E-state index in [0.29, 0.717) is 18.4 Å². The zero-order valence-corrected chi connectivity index (χ0v) is 23.6. The van der Waals surface area contributed by atoms with Gasteiger partial charge in [-0.3, -0.25) is 4.79 Å². The number of carbonyl (C=O) groups excluding carboxylic acids is 4. The fraction of sp³-hybridized carbons (Fsp3) is 0.630. The van der Waals surface area contributed by atoms with Gasteiger partial charge in [-0.25, -0.2) is 14.4 Å². The molecule has 0 aromatic heterocycles. The third-order valence-electron chi connectivity index (χ3n) is 5.37. The highest BCUT2D eigenvalue weighted by Crippen LogP contribution is 2.30. The lowest BCUT2D eigenvalue weighted by Crippen LogP contribution is -2.37. The summed E-state index contributed by atoms with van der Waals surface area (Å²) in [6.45, 7) is 10.6. The Morgan fingerprint density at radius 3 is 1.92 bits per heavy atom. The molecule has 39 heavy (non-hydrogen) atoms. The Morgan fingerprint density at radius 1 is 0.769 bits per heavy atom. The summed E-state index contributed by atoms with van der Waals surface area (Å²) in [6.07, 6.45) is -1.59. The Balaban J connectivity index is 2.84. The molecule has 12 nitrogen and oxygen atoms in total. The van der Waals surface area contributed by atoms with Crippen molar-refractivity contribution in [3.8, 4) is 11.5 Å². The number of rotatable bonds is 15. The molecule has 0 spiro atoms. The number of ether oxygens (including phenoxy) is 7. The molecule has 0 aliphatic heterocycles.